The Balaban J connectivity index is 1.73. The van der Waals surface area contributed by atoms with Crippen LogP contribution in [0.15, 0.2) is 24.3 Å². The van der Waals surface area contributed by atoms with Gasteiger partial charge in [-0.1, -0.05) is 18.6 Å². The van der Waals surface area contributed by atoms with E-state index in [0.717, 1.165) is 37.5 Å². The van der Waals surface area contributed by atoms with Gasteiger partial charge in [0.05, 0.1) is 19.0 Å². The van der Waals surface area contributed by atoms with Gasteiger partial charge in [-0.3, -0.25) is 0 Å². The first-order chi connectivity index (χ1) is 12.1. The highest BCUT2D eigenvalue weighted by Crippen LogP contribution is 2.29. The average molecular weight is 386 g/mol. The van der Waals surface area contributed by atoms with Crippen molar-refractivity contribution in [2.24, 2.45) is 5.92 Å². The van der Waals surface area contributed by atoms with Crippen LogP contribution >= 0.6 is 0 Å². The van der Waals surface area contributed by atoms with Gasteiger partial charge in [-0.2, -0.15) is 8.42 Å². The Morgan fingerprint density at radius 1 is 1.31 bits per heavy atom. The molecular weight excluding hydrogens is 360 g/mol. The largest absolute Gasteiger partial charge is 0.477 e. The summed E-state index contributed by atoms with van der Waals surface area (Å²) >= 11 is 0. The summed E-state index contributed by atoms with van der Waals surface area (Å²) < 4.78 is 37.9. The lowest BCUT2D eigenvalue weighted by Gasteiger charge is -2.39. The van der Waals surface area contributed by atoms with Crippen molar-refractivity contribution in [3.05, 3.63) is 29.8 Å². The zero-order valence-electron chi connectivity index (χ0n) is 15.3. The Kier molecular flexibility index (Phi) is 6.65. The summed E-state index contributed by atoms with van der Waals surface area (Å²) in [6.07, 6.45) is 4.54. The van der Waals surface area contributed by atoms with Crippen LogP contribution in [0.1, 0.15) is 38.7 Å². The van der Waals surface area contributed by atoms with Crippen molar-refractivity contribution in [2.45, 2.75) is 51.4 Å². The van der Waals surface area contributed by atoms with Crippen molar-refractivity contribution in [3.8, 4) is 5.75 Å². The van der Waals surface area contributed by atoms with E-state index in [2.05, 4.69) is 0 Å². The van der Waals surface area contributed by atoms with E-state index in [4.69, 9.17) is 18.8 Å². The van der Waals surface area contributed by atoms with Crippen LogP contribution in [0, 0.1) is 5.92 Å². The first-order valence-electron chi connectivity index (χ1n) is 8.62. The van der Waals surface area contributed by atoms with Gasteiger partial charge in [-0.05, 0) is 43.9 Å². The summed E-state index contributed by atoms with van der Waals surface area (Å²) in [4.78, 5) is 11.2. The van der Waals surface area contributed by atoms with E-state index in [9.17, 15) is 13.2 Å². The van der Waals surface area contributed by atoms with Crippen LogP contribution in [-0.4, -0.2) is 44.2 Å². The van der Waals surface area contributed by atoms with Gasteiger partial charge in [0.25, 0.3) is 5.79 Å². The van der Waals surface area contributed by atoms with E-state index in [1.165, 1.54) is 6.92 Å². The van der Waals surface area contributed by atoms with Gasteiger partial charge in [-0.25, -0.2) is 4.79 Å². The first kappa shape index (κ1) is 20.7. The van der Waals surface area contributed by atoms with Gasteiger partial charge in [0.1, 0.15) is 5.75 Å². The minimum absolute atomic E-state index is 0.169. The summed E-state index contributed by atoms with van der Waals surface area (Å²) in [6.45, 7) is 3.69. The second-order valence-electron chi connectivity index (χ2n) is 6.82. The molecule has 1 fully saturated rings. The van der Waals surface area contributed by atoms with Gasteiger partial charge in [0.2, 0.25) is 0 Å². The molecule has 1 aliphatic rings. The molecule has 0 bridgehead atoms. The van der Waals surface area contributed by atoms with Crippen molar-refractivity contribution >= 4 is 16.1 Å². The number of benzene rings is 1. The molecule has 26 heavy (non-hydrogen) atoms. The van der Waals surface area contributed by atoms with Gasteiger partial charge >= 0.3 is 16.1 Å². The Bertz CT molecular complexity index is 714. The zero-order chi connectivity index (χ0) is 19.4. The molecular formula is C18H26O7S. The van der Waals surface area contributed by atoms with Crippen LogP contribution in [0.2, 0.25) is 0 Å². The molecule has 0 aliphatic carbocycles. The number of carbonyl (C=O) groups is 1. The standard InChI is InChI=1S/C18H26O7S/c1-13-15(12-23-18(2,24-13)17(19)20)7-5-4-6-14-8-10-16(11-9-14)25-26(3,21)22/h8-11,13,15H,4-7,12H2,1-3H3,(H,19,20). The summed E-state index contributed by atoms with van der Waals surface area (Å²) in [7, 11) is -3.50. The lowest BCUT2D eigenvalue weighted by atomic mass is 9.94. The molecule has 1 saturated heterocycles. The average Bonchev–Trinajstić information content (AvgIpc) is 2.53. The van der Waals surface area contributed by atoms with Crippen molar-refractivity contribution in [1.29, 1.82) is 0 Å². The van der Waals surface area contributed by atoms with Crippen LogP contribution in [0.5, 0.6) is 5.75 Å². The van der Waals surface area contributed by atoms with Crippen molar-refractivity contribution in [3.63, 3.8) is 0 Å². The summed E-state index contributed by atoms with van der Waals surface area (Å²) in [5.74, 6) is -2.17. The number of ether oxygens (including phenoxy) is 2. The highest BCUT2D eigenvalue weighted by atomic mass is 32.2. The third-order valence-electron chi connectivity index (χ3n) is 4.50. The first-order valence-corrected chi connectivity index (χ1v) is 10.4. The monoisotopic (exact) mass is 386 g/mol. The molecule has 1 N–H and O–H groups in total. The van der Waals surface area contributed by atoms with Crippen LogP contribution < -0.4 is 4.18 Å². The summed E-state index contributed by atoms with van der Waals surface area (Å²) in [5, 5.41) is 9.13. The van der Waals surface area contributed by atoms with Crippen LogP contribution in [-0.2, 0) is 30.8 Å². The van der Waals surface area contributed by atoms with E-state index in [0.29, 0.717) is 12.4 Å². The highest BCUT2D eigenvalue weighted by Gasteiger charge is 2.43. The van der Waals surface area contributed by atoms with Crippen molar-refractivity contribution in [2.75, 3.05) is 12.9 Å². The third-order valence-corrected chi connectivity index (χ3v) is 4.99. The number of hydrogen-bond donors (Lipinski definition) is 1. The number of carboxylic acids is 1. The molecule has 7 nitrogen and oxygen atoms in total. The number of aliphatic carboxylic acids is 1. The van der Waals surface area contributed by atoms with Crippen LogP contribution in [0.4, 0.5) is 0 Å². The number of unbranched alkanes of at least 4 members (excludes halogenated alkanes) is 1. The fraction of sp³-hybridized carbons (Fsp3) is 0.611. The smallest absolute Gasteiger partial charge is 0.364 e. The summed E-state index contributed by atoms with van der Waals surface area (Å²) in [6, 6.07) is 7.00. The van der Waals surface area contributed by atoms with E-state index in [1.807, 2.05) is 19.1 Å². The molecule has 0 aromatic heterocycles. The minimum Gasteiger partial charge on any atom is -0.477 e. The Morgan fingerprint density at radius 3 is 2.50 bits per heavy atom. The van der Waals surface area contributed by atoms with Gasteiger partial charge < -0.3 is 18.8 Å². The molecule has 0 radical (unpaired) electrons. The molecule has 1 aliphatic heterocycles. The SMILES string of the molecule is CC1OC(C)(C(=O)O)OCC1CCCCc1ccc(OS(C)(=O)=O)cc1. The topological polar surface area (TPSA) is 99.1 Å². The molecule has 0 amide bonds. The van der Waals surface area contributed by atoms with E-state index in [1.54, 1.807) is 12.1 Å². The molecule has 8 heteroatoms. The maximum absolute atomic E-state index is 11.2. The predicted octanol–water partition coefficient (Wildman–Crippen LogP) is 2.59. The number of carboxylic acid groups (broad SMARTS) is 1. The molecule has 3 unspecified atom stereocenters. The quantitative estimate of drug-likeness (QED) is 0.541. The van der Waals surface area contributed by atoms with Gasteiger partial charge in [-0.15, -0.1) is 0 Å². The van der Waals surface area contributed by atoms with Crippen molar-refractivity contribution < 1.29 is 32.0 Å². The van der Waals surface area contributed by atoms with Gasteiger partial charge in [0.15, 0.2) is 0 Å². The lowest BCUT2D eigenvalue weighted by molar-refractivity contribution is -0.292. The molecule has 3 atom stereocenters. The van der Waals surface area contributed by atoms with Crippen LogP contribution in [0.25, 0.3) is 0 Å². The third kappa shape index (κ3) is 5.96. The maximum atomic E-state index is 11.2. The van der Waals surface area contributed by atoms with Crippen molar-refractivity contribution in [1.82, 2.24) is 0 Å². The number of hydrogen-bond acceptors (Lipinski definition) is 6. The molecule has 1 aromatic rings. The Hall–Kier alpha value is -1.64. The minimum atomic E-state index is -3.50. The fourth-order valence-corrected chi connectivity index (χ4v) is 3.40. The molecule has 2 rings (SSSR count). The maximum Gasteiger partial charge on any atom is 0.364 e. The summed E-state index contributed by atoms with van der Waals surface area (Å²) in [5.41, 5.74) is 1.11. The second kappa shape index (κ2) is 8.37. The molecule has 1 heterocycles. The fourth-order valence-electron chi connectivity index (χ4n) is 2.94. The zero-order valence-corrected chi connectivity index (χ0v) is 16.1. The molecule has 0 saturated carbocycles. The van der Waals surface area contributed by atoms with Crippen LogP contribution in [0.3, 0.4) is 0 Å². The van der Waals surface area contributed by atoms with E-state index >= 15 is 0 Å². The normalized spacial score (nSPS) is 26.4. The molecule has 146 valence electrons. The molecule has 1 aromatic carbocycles. The van der Waals surface area contributed by atoms with E-state index < -0.39 is 21.9 Å². The highest BCUT2D eigenvalue weighted by molar-refractivity contribution is 7.86. The van der Waals surface area contributed by atoms with Gasteiger partial charge in [0, 0.05) is 12.8 Å². The Morgan fingerprint density at radius 2 is 1.96 bits per heavy atom. The second-order valence-corrected chi connectivity index (χ2v) is 8.40. The lowest BCUT2D eigenvalue weighted by Crippen LogP contribution is -2.51. The molecule has 0 spiro atoms. The van der Waals surface area contributed by atoms with E-state index in [-0.39, 0.29) is 12.0 Å². The number of rotatable bonds is 8. The Labute approximate surface area is 154 Å². The number of aryl methyl sites for hydroxylation is 1. The predicted molar refractivity (Wildman–Crippen MR) is 95.5 cm³/mol.